The highest BCUT2D eigenvalue weighted by atomic mass is 35.5. The van der Waals surface area contributed by atoms with Gasteiger partial charge in [0.1, 0.15) is 5.75 Å². The maximum atomic E-state index is 12.0. The molecule has 0 aliphatic carbocycles. The van der Waals surface area contributed by atoms with Gasteiger partial charge >= 0.3 is 5.97 Å². The highest BCUT2D eigenvalue weighted by Gasteiger charge is 2.13. The smallest absolute Gasteiger partial charge is 0.306 e. The zero-order valence-corrected chi connectivity index (χ0v) is 16.8. The third kappa shape index (κ3) is 7.44. The van der Waals surface area contributed by atoms with Crippen molar-refractivity contribution in [3.05, 3.63) is 59.1 Å². The number of hydrogen-bond acceptors (Lipinski definition) is 6. The molecule has 10 heteroatoms. The van der Waals surface area contributed by atoms with Crippen LogP contribution in [0.15, 0.2) is 48.5 Å². The first-order valence-electron chi connectivity index (χ1n) is 8.82. The van der Waals surface area contributed by atoms with Crippen molar-refractivity contribution in [2.45, 2.75) is 12.8 Å². The first kappa shape index (κ1) is 22.7. The van der Waals surface area contributed by atoms with Crippen molar-refractivity contribution in [3.63, 3.8) is 0 Å². The van der Waals surface area contributed by atoms with Crippen LogP contribution in [0.1, 0.15) is 23.2 Å². The first-order chi connectivity index (χ1) is 14.4. The number of rotatable bonds is 8. The molecule has 0 unspecified atom stereocenters. The molecule has 0 atom stereocenters. The Morgan fingerprint density at radius 2 is 1.67 bits per heavy atom. The molecule has 0 aliphatic heterocycles. The molecule has 3 amide bonds. The Bertz CT molecular complexity index is 920. The van der Waals surface area contributed by atoms with Crippen LogP contribution in [-0.2, 0) is 19.1 Å². The lowest BCUT2D eigenvalue weighted by molar-refractivity contribution is -0.149. The molecule has 158 valence electrons. The molecular weight excluding hydrogens is 414 g/mol. The summed E-state index contributed by atoms with van der Waals surface area (Å²) in [5.41, 5.74) is 5.06. The van der Waals surface area contributed by atoms with Gasteiger partial charge in [-0.2, -0.15) is 0 Å². The molecule has 30 heavy (non-hydrogen) atoms. The van der Waals surface area contributed by atoms with E-state index in [0.29, 0.717) is 22.0 Å². The van der Waals surface area contributed by atoms with Crippen molar-refractivity contribution in [2.75, 3.05) is 19.0 Å². The Morgan fingerprint density at radius 1 is 0.933 bits per heavy atom. The van der Waals surface area contributed by atoms with E-state index in [1.807, 2.05) is 0 Å². The summed E-state index contributed by atoms with van der Waals surface area (Å²) in [5, 5.41) is 3.00. The fourth-order valence-electron chi connectivity index (χ4n) is 2.25. The van der Waals surface area contributed by atoms with Crippen molar-refractivity contribution in [3.8, 4) is 5.75 Å². The number of hydrogen-bond donors (Lipinski definition) is 3. The monoisotopic (exact) mass is 433 g/mol. The summed E-state index contributed by atoms with van der Waals surface area (Å²) in [4.78, 5) is 47.2. The molecule has 0 saturated carbocycles. The van der Waals surface area contributed by atoms with Crippen molar-refractivity contribution in [1.82, 2.24) is 10.9 Å². The molecule has 9 nitrogen and oxygen atoms in total. The third-order valence-electron chi connectivity index (χ3n) is 3.71. The maximum Gasteiger partial charge on any atom is 0.306 e. The molecule has 0 aromatic heterocycles. The topological polar surface area (TPSA) is 123 Å². The normalized spacial score (nSPS) is 9.93. The van der Waals surface area contributed by atoms with Crippen LogP contribution in [-0.4, -0.2) is 37.4 Å². The zero-order chi connectivity index (χ0) is 21.9. The van der Waals surface area contributed by atoms with Gasteiger partial charge < -0.3 is 14.8 Å². The minimum atomic E-state index is -0.743. The van der Waals surface area contributed by atoms with Gasteiger partial charge in [0.15, 0.2) is 6.61 Å². The Labute approximate surface area is 177 Å². The number of anilines is 1. The van der Waals surface area contributed by atoms with Crippen LogP contribution in [0.5, 0.6) is 5.75 Å². The number of amides is 3. The number of ether oxygens (including phenoxy) is 2. The summed E-state index contributed by atoms with van der Waals surface area (Å²) >= 11 is 5.89. The highest BCUT2D eigenvalue weighted by Crippen LogP contribution is 2.27. The summed E-state index contributed by atoms with van der Waals surface area (Å²) in [6, 6.07) is 13.0. The average molecular weight is 434 g/mol. The number of halogens is 1. The van der Waals surface area contributed by atoms with E-state index >= 15 is 0 Å². The summed E-state index contributed by atoms with van der Waals surface area (Å²) in [5.74, 6) is -2.01. The van der Waals surface area contributed by atoms with E-state index in [-0.39, 0.29) is 12.8 Å². The van der Waals surface area contributed by atoms with Crippen LogP contribution in [0.4, 0.5) is 5.69 Å². The van der Waals surface area contributed by atoms with Gasteiger partial charge in [0, 0.05) is 17.0 Å². The molecule has 2 aromatic rings. The Morgan fingerprint density at radius 3 is 2.37 bits per heavy atom. The fraction of sp³-hybridized carbons (Fsp3) is 0.200. The van der Waals surface area contributed by atoms with E-state index in [4.69, 9.17) is 21.1 Å². The minimum Gasteiger partial charge on any atom is -0.495 e. The zero-order valence-electron chi connectivity index (χ0n) is 16.1. The average Bonchev–Trinajstić information content (AvgIpc) is 2.75. The van der Waals surface area contributed by atoms with Crippen molar-refractivity contribution >= 4 is 41.0 Å². The van der Waals surface area contributed by atoms with Crippen molar-refractivity contribution in [2.24, 2.45) is 0 Å². The summed E-state index contributed by atoms with van der Waals surface area (Å²) < 4.78 is 9.90. The van der Waals surface area contributed by atoms with E-state index in [1.54, 1.807) is 42.5 Å². The number of nitrogens with one attached hydrogen (secondary N) is 3. The molecule has 0 fully saturated rings. The van der Waals surface area contributed by atoms with E-state index in [2.05, 4.69) is 16.2 Å². The van der Waals surface area contributed by atoms with Gasteiger partial charge in [-0.1, -0.05) is 29.8 Å². The van der Waals surface area contributed by atoms with Crippen molar-refractivity contribution in [1.29, 1.82) is 0 Å². The lowest BCUT2D eigenvalue weighted by atomic mass is 10.2. The van der Waals surface area contributed by atoms with Crippen molar-refractivity contribution < 1.29 is 28.7 Å². The number of methoxy groups -OCH3 is 1. The molecule has 0 heterocycles. The quantitative estimate of drug-likeness (QED) is 0.432. The lowest BCUT2D eigenvalue weighted by Gasteiger charge is -2.10. The second-order valence-electron chi connectivity index (χ2n) is 5.92. The molecule has 0 spiro atoms. The lowest BCUT2D eigenvalue weighted by Crippen LogP contribution is -2.43. The molecule has 2 rings (SSSR count). The van der Waals surface area contributed by atoms with E-state index in [9.17, 15) is 19.2 Å². The second-order valence-corrected chi connectivity index (χ2v) is 6.36. The Kier molecular flexibility index (Phi) is 8.64. The third-order valence-corrected chi connectivity index (χ3v) is 3.94. The molecular formula is C20H20ClN3O6. The number of carbonyl (C=O) groups is 4. The number of benzene rings is 2. The largest absolute Gasteiger partial charge is 0.495 e. The predicted octanol–water partition coefficient (Wildman–Crippen LogP) is 2.07. The van der Waals surface area contributed by atoms with Crippen LogP contribution >= 0.6 is 11.6 Å². The van der Waals surface area contributed by atoms with Gasteiger partial charge in [-0.25, -0.2) is 0 Å². The molecule has 0 saturated heterocycles. The van der Waals surface area contributed by atoms with Gasteiger partial charge in [-0.15, -0.1) is 0 Å². The summed E-state index contributed by atoms with van der Waals surface area (Å²) in [7, 11) is 1.45. The standard InChI is InChI=1S/C20H20ClN3O6/c1-29-16-8-7-14(21)11-15(16)22-17(25)9-10-19(27)30-12-18(26)23-24-20(28)13-5-3-2-4-6-13/h2-8,11H,9-10,12H2,1H3,(H,22,25)(H,23,26)(H,24,28). The summed E-state index contributed by atoms with van der Waals surface area (Å²) in [6.45, 7) is -0.600. The van der Waals surface area contributed by atoms with Gasteiger partial charge in [0.05, 0.1) is 19.2 Å². The fourth-order valence-corrected chi connectivity index (χ4v) is 2.42. The molecule has 0 radical (unpaired) electrons. The van der Waals surface area contributed by atoms with E-state index < -0.39 is 30.3 Å². The van der Waals surface area contributed by atoms with Crippen LogP contribution in [0.2, 0.25) is 5.02 Å². The Hall–Kier alpha value is -3.59. The van der Waals surface area contributed by atoms with E-state index in [1.165, 1.54) is 13.2 Å². The SMILES string of the molecule is COc1ccc(Cl)cc1NC(=O)CCC(=O)OCC(=O)NNC(=O)c1ccccc1. The molecule has 3 N–H and O–H groups in total. The van der Waals surface area contributed by atoms with Crippen LogP contribution in [0.3, 0.4) is 0 Å². The van der Waals surface area contributed by atoms with E-state index in [0.717, 1.165) is 0 Å². The number of esters is 1. The maximum absolute atomic E-state index is 12.0. The number of carbonyl (C=O) groups excluding carboxylic acids is 4. The number of hydrazine groups is 1. The van der Waals surface area contributed by atoms with Crippen LogP contribution < -0.4 is 20.9 Å². The summed E-state index contributed by atoms with van der Waals surface area (Å²) in [6.07, 6.45) is -0.404. The van der Waals surface area contributed by atoms with Gasteiger partial charge in [0.2, 0.25) is 5.91 Å². The van der Waals surface area contributed by atoms with Crippen LogP contribution in [0.25, 0.3) is 0 Å². The Balaban J connectivity index is 1.68. The molecule has 0 bridgehead atoms. The first-order valence-corrected chi connectivity index (χ1v) is 9.20. The highest BCUT2D eigenvalue weighted by molar-refractivity contribution is 6.31. The molecule has 0 aliphatic rings. The van der Waals surface area contributed by atoms with Gasteiger partial charge in [-0.05, 0) is 30.3 Å². The second kappa shape index (κ2) is 11.4. The van der Waals surface area contributed by atoms with Crippen LogP contribution in [0, 0.1) is 0 Å². The van der Waals surface area contributed by atoms with Gasteiger partial charge in [-0.3, -0.25) is 30.0 Å². The minimum absolute atomic E-state index is 0.166. The van der Waals surface area contributed by atoms with Gasteiger partial charge in [0.25, 0.3) is 11.8 Å². The molecule has 2 aromatic carbocycles. The predicted molar refractivity (Wildman–Crippen MR) is 109 cm³/mol.